The highest BCUT2D eigenvalue weighted by Gasteiger charge is 2.40. The SMILES string of the molecule is NCC1CCN2c3ccc(C(F)(F)F)cc3CC12. The number of halogens is 3. The number of hydrogen-bond donors (Lipinski definition) is 1. The Morgan fingerprint density at radius 2 is 2.11 bits per heavy atom. The summed E-state index contributed by atoms with van der Waals surface area (Å²) >= 11 is 0. The maximum Gasteiger partial charge on any atom is 0.416 e. The standard InChI is InChI=1S/C13H15F3N2/c14-13(15,16)10-1-2-11-9(5-10)6-12-8(7-17)3-4-18(11)12/h1-2,5,8,12H,3-4,6-7,17H2. The average Bonchev–Trinajstić information content (AvgIpc) is 2.84. The lowest BCUT2D eigenvalue weighted by Crippen LogP contribution is -2.32. The normalized spacial score (nSPS) is 26.3. The summed E-state index contributed by atoms with van der Waals surface area (Å²) in [6.45, 7) is 1.52. The third-order valence-corrected chi connectivity index (χ3v) is 4.13. The Morgan fingerprint density at radius 1 is 1.33 bits per heavy atom. The molecule has 1 fully saturated rings. The maximum atomic E-state index is 12.7. The summed E-state index contributed by atoms with van der Waals surface area (Å²) in [6, 6.07) is 4.38. The molecule has 2 aliphatic heterocycles. The summed E-state index contributed by atoms with van der Waals surface area (Å²) in [7, 11) is 0. The Hall–Kier alpha value is -1.23. The molecule has 5 heteroatoms. The van der Waals surface area contributed by atoms with Gasteiger partial charge in [0, 0.05) is 18.3 Å². The Balaban J connectivity index is 1.94. The van der Waals surface area contributed by atoms with E-state index in [1.807, 2.05) is 0 Å². The van der Waals surface area contributed by atoms with Crippen molar-refractivity contribution in [3.8, 4) is 0 Å². The summed E-state index contributed by atoms with van der Waals surface area (Å²) in [5.41, 5.74) is 6.94. The van der Waals surface area contributed by atoms with Gasteiger partial charge in [0.25, 0.3) is 0 Å². The van der Waals surface area contributed by atoms with Crippen molar-refractivity contribution in [1.82, 2.24) is 0 Å². The molecule has 2 N–H and O–H groups in total. The summed E-state index contributed by atoms with van der Waals surface area (Å²) < 4.78 is 38.0. The molecule has 1 aromatic carbocycles. The van der Waals surface area contributed by atoms with Gasteiger partial charge in [-0.25, -0.2) is 0 Å². The molecular weight excluding hydrogens is 241 g/mol. The number of fused-ring (bicyclic) bond motifs is 3. The van der Waals surface area contributed by atoms with Gasteiger partial charge in [0.1, 0.15) is 0 Å². The van der Waals surface area contributed by atoms with Crippen molar-refractivity contribution in [2.75, 3.05) is 18.0 Å². The fourth-order valence-corrected chi connectivity index (χ4v) is 3.20. The third kappa shape index (κ3) is 1.68. The van der Waals surface area contributed by atoms with Crippen LogP contribution >= 0.6 is 0 Å². The molecule has 0 spiro atoms. The van der Waals surface area contributed by atoms with Gasteiger partial charge in [-0.2, -0.15) is 13.2 Å². The van der Waals surface area contributed by atoms with Crippen molar-refractivity contribution in [1.29, 1.82) is 0 Å². The molecule has 2 nitrogen and oxygen atoms in total. The lowest BCUT2D eigenvalue weighted by atomic mass is 9.96. The molecule has 2 aliphatic rings. The van der Waals surface area contributed by atoms with Crippen molar-refractivity contribution in [3.05, 3.63) is 29.3 Å². The highest BCUT2D eigenvalue weighted by molar-refractivity contribution is 5.62. The highest BCUT2D eigenvalue weighted by atomic mass is 19.4. The fourth-order valence-electron chi connectivity index (χ4n) is 3.20. The largest absolute Gasteiger partial charge is 0.416 e. The van der Waals surface area contributed by atoms with Gasteiger partial charge in [0.05, 0.1) is 5.56 Å². The van der Waals surface area contributed by atoms with E-state index in [0.717, 1.165) is 24.2 Å². The van der Waals surface area contributed by atoms with E-state index in [1.54, 1.807) is 6.07 Å². The Morgan fingerprint density at radius 3 is 2.78 bits per heavy atom. The number of benzene rings is 1. The smallest absolute Gasteiger partial charge is 0.368 e. The lowest BCUT2D eigenvalue weighted by molar-refractivity contribution is -0.137. The van der Waals surface area contributed by atoms with Crippen molar-refractivity contribution >= 4 is 5.69 Å². The van der Waals surface area contributed by atoms with E-state index < -0.39 is 11.7 Å². The van der Waals surface area contributed by atoms with Gasteiger partial charge in [0.15, 0.2) is 0 Å². The fraction of sp³-hybridized carbons (Fsp3) is 0.538. The van der Waals surface area contributed by atoms with Crippen molar-refractivity contribution < 1.29 is 13.2 Å². The third-order valence-electron chi connectivity index (χ3n) is 4.13. The van der Waals surface area contributed by atoms with Crippen LogP contribution in [0.3, 0.4) is 0 Å². The van der Waals surface area contributed by atoms with E-state index in [-0.39, 0.29) is 0 Å². The molecular formula is C13H15F3N2. The molecule has 0 aromatic heterocycles. The minimum absolute atomic E-state index is 0.300. The molecule has 0 aliphatic carbocycles. The van der Waals surface area contributed by atoms with Gasteiger partial charge < -0.3 is 10.6 Å². The summed E-state index contributed by atoms with van der Waals surface area (Å²) in [6.07, 6.45) is -2.52. The van der Waals surface area contributed by atoms with Crippen LogP contribution in [-0.2, 0) is 12.6 Å². The van der Waals surface area contributed by atoms with E-state index in [0.29, 0.717) is 24.9 Å². The van der Waals surface area contributed by atoms with Crippen molar-refractivity contribution in [3.63, 3.8) is 0 Å². The van der Waals surface area contributed by atoms with Crippen LogP contribution in [0.1, 0.15) is 17.5 Å². The summed E-state index contributed by atoms with van der Waals surface area (Å²) in [5, 5.41) is 0. The first-order valence-electron chi connectivity index (χ1n) is 6.17. The van der Waals surface area contributed by atoms with E-state index in [4.69, 9.17) is 5.73 Å². The van der Waals surface area contributed by atoms with Crippen LogP contribution in [0.15, 0.2) is 18.2 Å². The van der Waals surface area contributed by atoms with Crippen molar-refractivity contribution in [2.24, 2.45) is 11.7 Å². The molecule has 0 amide bonds. The molecule has 3 rings (SSSR count). The number of nitrogens with zero attached hydrogens (tertiary/aromatic N) is 1. The van der Waals surface area contributed by atoms with Crippen LogP contribution in [0.4, 0.5) is 18.9 Å². The first-order chi connectivity index (χ1) is 8.50. The number of alkyl halides is 3. The zero-order valence-corrected chi connectivity index (χ0v) is 9.87. The van der Waals surface area contributed by atoms with Crippen LogP contribution in [-0.4, -0.2) is 19.1 Å². The number of nitrogens with two attached hydrogens (primary N) is 1. The van der Waals surface area contributed by atoms with Crippen LogP contribution in [0, 0.1) is 5.92 Å². The van der Waals surface area contributed by atoms with Gasteiger partial charge in [-0.1, -0.05) is 0 Å². The summed E-state index contributed by atoms with van der Waals surface area (Å²) in [4.78, 5) is 2.22. The molecule has 2 unspecified atom stereocenters. The average molecular weight is 256 g/mol. The second kappa shape index (κ2) is 3.88. The quantitative estimate of drug-likeness (QED) is 0.836. The van der Waals surface area contributed by atoms with E-state index in [1.165, 1.54) is 12.1 Å². The Labute approximate surface area is 104 Å². The van der Waals surface area contributed by atoms with Gasteiger partial charge >= 0.3 is 6.18 Å². The van der Waals surface area contributed by atoms with E-state index in [2.05, 4.69) is 4.90 Å². The predicted molar refractivity (Wildman–Crippen MR) is 63.4 cm³/mol. The van der Waals surface area contributed by atoms with Gasteiger partial charge in [-0.3, -0.25) is 0 Å². The van der Waals surface area contributed by atoms with Crippen LogP contribution < -0.4 is 10.6 Å². The number of hydrogen-bond acceptors (Lipinski definition) is 2. The van der Waals surface area contributed by atoms with Gasteiger partial charge in [-0.15, -0.1) is 0 Å². The number of anilines is 1. The van der Waals surface area contributed by atoms with Crippen LogP contribution in [0.5, 0.6) is 0 Å². The zero-order chi connectivity index (χ0) is 12.9. The topological polar surface area (TPSA) is 29.3 Å². The lowest BCUT2D eigenvalue weighted by Gasteiger charge is -2.21. The molecule has 0 saturated carbocycles. The molecule has 98 valence electrons. The Kier molecular flexibility index (Phi) is 2.55. The van der Waals surface area contributed by atoms with Crippen LogP contribution in [0.2, 0.25) is 0 Å². The van der Waals surface area contributed by atoms with Gasteiger partial charge in [-0.05, 0) is 49.1 Å². The van der Waals surface area contributed by atoms with E-state index in [9.17, 15) is 13.2 Å². The number of rotatable bonds is 1. The van der Waals surface area contributed by atoms with Crippen molar-refractivity contribution in [2.45, 2.75) is 25.1 Å². The highest BCUT2D eigenvalue weighted by Crippen LogP contribution is 2.42. The Bertz CT molecular complexity index is 470. The zero-order valence-electron chi connectivity index (χ0n) is 9.87. The predicted octanol–water partition coefficient (Wildman–Crippen LogP) is 2.42. The molecule has 1 aromatic rings. The molecule has 2 atom stereocenters. The monoisotopic (exact) mass is 256 g/mol. The van der Waals surface area contributed by atoms with Gasteiger partial charge in [0.2, 0.25) is 0 Å². The second-order valence-corrected chi connectivity index (χ2v) is 5.09. The first-order valence-corrected chi connectivity index (χ1v) is 6.17. The molecule has 1 saturated heterocycles. The van der Waals surface area contributed by atoms with E-state index >= 15 is 0 Å². The molecule has 0 radical (unpaired) electrons. The maximum absolute atomic E-state index is 12.7. The minimum atomic E-state index is -4.25. The minimum Gasteiger partial charge on any atom is -0.368 e. The molecule has 0 bridgehead atoms. The first kappa shape index (κ1) is 11.8. The molecule has 2 heterocycles. The second-order valence-electron chi connectivity index (χ2n) is 5.09. The van der Waals surface area contributed by atoms with Crippen LogP contribution in [0.25, 0.3) is 0 Å². The summed E-state index contributed by atoms with van der Waals surface area (Å²) in [5.74, 6) is 0.409. The molecule has 18 heavy (non-hydrogen) atoms.